The smallest absolute Gasteiger partial charge is 0.410 e. The first-order chi connectivity index (χ1) is 16.7. The van der Waals surface area contributed by atoms with Crippen LogP contribution in [0.15, 0.2) is 72.9 Å². The monoisotopic (exact) mass is 472 g/mol. The molecule has 6 heteroatoms. The van der Waals surface area contributed by atoms with E-state index in [1.54, 1.807) is 13.2 Å². The van der Waals surface area contributed by atoms with Crippen molar-refractivity contribution in [2.75, 3.05) is 13.7 Å². The molecule has 2 aromatic carbocycles. The summed E-state index contributed by atoms with van der Waals surface area (Å²) in [5, 5.41) is 0. The van der Waals surface area contributed by atoms with E-state index in [1.807, 2.05) is 63.2 Å². The molecule has 0 spiro atoms. The zero-order chi connectivity index (χ0) is 25.0. The van der Waals surface area contributed by atoms with E-state index in [4.69, 9.17) is 9.47 Å². The highest BCUT2D eigenvalue weighted by atomic mass is 16.6. The molecular formula is C29H32N2O4. The van der Waals surface area contributed by atoms with Crippen molar-refractivity contribution in [2.24, 2.45) is 0 Å². The minimum atomic E-state index is -0.785. The summed E-state index contributed by atoms with van der Waals surface area (Å²) in [6, 6.07) is 21.3. The van der Waals surface area contributed by atoms with E-state index in [9.17, 15) is 9.59 Å². The first-order valence-corrected chi connectivity index (χ1v) is 11.9. The van der Waals surface area contributed by atoms with Crippen LogP contribution in [0.25, 0.3) is 11.1 Å². The number of aromatic nitrogens is 1. The van der Waals surface area contributed by atoms with Gasteiger partial charge in [-0.3, -0.25) is 9.88 Å². The van der Waals surface area contributed by atoms with Crippen LogP contribution >= 0.6 is 0 Å². The molecule has 0 saturated carbocycles. The van der Waals surface area contributed by atoms with Crippen molar-refractivity contribution in [3.63, 3.8) is 0 Å². The van der Waals surface area contributed by atoms with E-state index in [-0.39, 0.29) is 12.5 Å². The fourth-order valence-electron chi connectivity index (χ4n) is 4.49. The maximum absolute atomic E-state index is 13.1. The van der Waals surface area contributed by atoms with Gasteiger partial charge in [-0.05, 0) is 68.0 Å². The van der Waals surface area contributed by atoms with Crippen LogP contribution < -0.4 is 0 Å². The van der Waals surface area contributed by atoms with E-state index in [0.717, 1.165) is 16.8 Å². The van der Waals surface area contributed by atoms with Gasteiger partial charge >= 0.3 is 12.1 Å². The number of esters is 1. The topological polar surface area (TPSA) is 68.7 Å². The van der Waals surface area contributed by atoms with E-state index in [0.29, 0.717) is 12.8 Å². The number of carbonyl (C=O) groups is 2. The summed E-state index contributed by atoms with van der Waals surface area (Å²) in [5.74, 6) is -0.502. The Morgan fingerprint density at radius 3 is 2.11 bits per heavy atom. The molecule has 1 aliphatic carbocycles. The van der Waals surface area contributed by atoms with Crippen molar-refractivity contribution < 1.29 is 19.1 Å². The third-order valence-electron chi connectivity index (χ3n) is 6.17. The van der Waals surface area contributed by atoms with Gasteiger partial charge in [0, 0.05) is 24.9 Å². The lowest BCUT2D eigenvalue weighted by molar-refractivity contribution is -0.160. The Kier molecular flexibility index (Phi) is 7.20. The van der Waals surface area contributed by atoms with Crippen LogP contribution in [0.2, 0.25) is 0 Å². The number of hydrogen-bond acceptors (Lipinski definition) is 5. The van der Waals surface area contributed by atoms with Crippen molar-refractivity contribution in [3.8, 4) is 11.1 Å². The van der Waals surface area contributed by atoms with Gasteiger partial charge in [0.1, 0.15) is 18.2 Å². The van der Waals surface area contributed by atoms with E-state index in [2.05, 4.69) is 29.2 Å². The predicted molar refractivity (Wildman–Crippen MR) is 135 cm³/mol. The Balaban J connectivity index is 1.47. The molecule has 1 aromatic heterocycles. The normalized spacial score (nSPS) is 13.5. The maximum atomic E-state index is 13.1. The quantitative estimate of drug-likeness (QED) is 0.418. The van der Waals surface area contributed by atoms with Crippen LogP contribution in [0.3, 0.4) is 0 Å². The highest BCUT2D eigenvalue weighted by molar-refractivity contribution is 5.82. The zero-order valence-electron chi connectivity index (χ0n) is 20.7. The first-order valence-electron chi connectivity index (χ1n) is 11.9. The van der Waals surface area contributed by atoms with Gasteiger partial charge in [-0.1, -0.05) is 54.6 Å². The minimum Gasteiger partial charge on any atom is -0.458 e. The molecule has 0 fully saturated rings. The minimum absolute atomic E-state index is 0.0479. The highest BCUT2D eigenvalue weighted by Gasteiger charge is 2.34. The van der Waals surface area contributed by atoms with Crippen LogP contribution in [0.1, 0.15) is 49.9 Å². The van der Waals surface area contributed by atoms with Gasteiger partial charge in [0.15, 0.2) is 0 Å². The molecule has 1 atom stereocenters. The number of pyridine rings is 1. The largest absolute Gasteiger partial charge is 0.458 e. The lowest BCUT2D eigenvalue weighted by atomic mass is 9.98. The molecule has 182 valence electrons. The number of carbonyl (C=O) groups excluding carboxylic acids is 2. The predicted octanol–water partition coefficient (Wildman–Crippen LogP) is 5.61. The van der Waals surface area contributed by atoms with Crippen LogP contribution in [-0.2, 0) is 20.7 Å². The third kappa shape index (κ3) is 5.70. The molecule has 1 heterocycles. The summed E-state index contributed by atoms with van der Waals surface area (Å²) in [4.78, 5) is 31.8. The maximum Gasteiger partial charge on any atom is 0.410 e. The van der Waals surface area contributed by atoms with Crippen molar-refractivity contribution in [3.05, 3.63) is 89.7 Å². The van der Waals surface area contributed by atoms with Gasteiger partial charge in [0.25, 0.3) is 0 Å². The van der Waals surface area contributed by atoms with E-state index in [1.165, 1.54) is 16.0 Å². The number of rotatable bonds is 7. The molecule has 35 heavy (non-hydrogen) atoms. The van der Waals surface area contributed by atoms with Crippen molar-refractivity contribution >= 4 is 12.1 Å². The van der Waals surface area contributed by atoms with Gasteiger partial charge in [-0.15, -0.1) is 0 Å². The van der Waals surface area contributed by atoms with Crippen LogP contribution in [-0.4, -0.2) is 47.2 Å². The average Bonchev–Trinajstić information content (AvgIpc) is 3.16. The average molecular weight is 473 g/mol. The molecule has 0 aliphatic heterocycles. The molecule has 0 bridgehead atoms. The number of likely N-dealkylation sites (N-methyl/N-ethyl adjacent to an activating group) is 1. The molecule has 0 N–H and O–H groups in total. The van der Waals surface area contributed by atoms with Crippen molar-refractivity contribution in [1.29, 1.82) is 0 Å². The van der Waals surface area contributed by atoms with Crippen LogP contribution in [0.5, 0.6) is 0 Å². The second-order valence-corrected chi connectivity index (χ2v) is 9.82. The van der Waals surface area contributed by atoms with Gasteiger partial charge in [0.2, 0.25) is 0 Å². The summed E-state index contributed by atoms with van der Waals surface area (Å²) in [6.45, 7) is 5.63. The summed E-state index contributed by atoms with van der Waals surface area (Å²) < 4.78 is 11.4. The van der Waals surface area contributed by atoms with E-state index >= 15 is 0 Å². The number of aryl methyl sites for hydroxylation is 1. The zero-order valence-corrected chi connectivity index (χ0v) is 20.7. The number of benzene rings is 2. The molecule has 1 amide bonds. The van der Waals surface area contributed by atoms with Gasteiger partial charge in [0.05, 0.1) is 0 Å². The standard InChI is InChI=1S/C29H32N2O4/c1-29(2,3)35-27(32)26(17-16-20-11-9-10-18-30-20)31(4)28(33)34-19-25-23-14-7-5-12-21(23)22-13-6-8-15-24(22)25/h5-15,18,25-26H,16-17,19H2,1-4H3. The fourth-order valence-corrected chi connectivity index (χ4v) is 4.49. The SMILES string of the molecule is CN(C(=O)OCC1c2ccccc2-c2ccccc21)C(CCc1ccccn1)C(=O)OC(C)(C)C. The number of ether oxygens (including phenoxy) is 2. The lowest BCUT2D eigenvalue weighted by Crippen LogP contribution is -2.46. The fraction of sp³-hybridized carbons (Fsp3) is 0.345. The Bertz CT molecular complexity index is 1140. The molecule has 0 saturated heterocycles. The summed E-state index contributed by atoms with van der Waals surface area (Å²) in [7, 11) is 1.59. The van der Waals surface area contributed by atoms with Gasteiger partial charge in [-0.25, -0.2) is 9.59 Å². The molecule has 0 radical (unpaired) electrons. The first kappa shape index (κ1) is 24.5. The Morgan fingerprint density at radius 1 is 0.943 bits per heavy atom. The number of fused-ring (bicyclic) bond motifs is 3. The molecule has 6 nitrogen and oxygen atoms in total. The second kappa shape index (κ2) is 10.3. The number of amides is 1. The molecule has 1 unspecified atom stereocenters. The molecular weight excluding hydrogens is 440 g/mol. The summed E-state index contributed by atoms with van der Waals surface area (Å²) in [5.41, 5.74) is 4.80. The van der Waals surface area contributed by atoms with Crippen LogP contribution in [0, 0.1) is 0 Å². The number of hydrogen-bond donors (Lipinski definition) is 0. The third-order valence-corrected chi connectivity index (χ3v) is 6.17. The van der Waals surface area contributed by atoms with Crippen molar-refractivity contribution in [2.45, 2.75) is 51.2 Å². The Hall–Kier alpha value is -3.67. The van der Waals surface area contributed by atoms with Crippen molar-refractivity contribution in [1.82, 2.24) is 9.88 Å². The molecule has 1 aliphatic rings. The molecule has 3 aromatic rings. The Labute approximate surface area is 206 Å². The molecule has 4 rings (SSSR count). The van der Waals surface area contributed by atoms with Gasteiger partial charge in [-0.2, -0.15) is 0 Å². The highest BCUT2D eigenvalue weighted by Crippen LogP contribution is 2.44. The second-order valence-electron chi connectivity index (χ2n) is 9.82. The summed E-state index contributed by atoms with van der Waals surface area (Å²) in [6.07, 6.45) is 2.08. The van der Waals surface area contributed by atoms with E-state index < -0.39 is 23.7 Å². The van der Waals surface area contributed by atoms with Gasteiger partial charge < -0.3 is 9.47 Å². The number of nitrogens with zero attached hydrogens (tertiary/aromatic N) is 2. The summed E-state index contributed by atoms with van der Waals surface area (Å²) >= 11 is 0. The lowest BCUT2D eigenvalue weighted by Gasteiger charge is -2.29. The van der Waals surface area contributed by atoms with Crippen LogP contribution in [0.4, 0.5) is 4.79 Å². The Morgan fingerprint density at radius 2 is 1.54 bits per heavy atom.